The lowest BCUT2D eigenvalue weighted by molar-refractivity contribution is -0.124. The topological polar surface area (TPSA) is 58.4 Å². The number of nitrogens with one attached hydrogen (secondary N) is 1. The summed E-state index contributed by atoms with van der Waals surface area (Å²) in [4.78, 5) is 14.4. The summed E-state index contributed by atoms with van der Waals surface area (Å²) in [5, 5.41) is 2.99. The number of rotatable bonds is 9. The van der Waals surface area contributed by atoms with Crippen molar-refractivity contribution in [3.8, 4) is 0 Å². The largest absolute Gasteiger partial charge is 0.351 e. The van der Waals surface area contributed by atoms with E-state index in [0.717, 1.165) is 24.9 Å². The third-order valence-corrected chi connectivity index (χ3v) is 4.42. The van der Waals surface area contributed by atoms with Crippen LogP contribution in [0.4, 0.5) is 0 Å². The monoisotopic (exact) mass is 291 g/mol. The minimum Gasteiger partial charge on any atom is -0.351 e. The van der Waals surface area contributed by atoms with Crippen molar-refractivity contribution in [1.29, 1.82) is 0 Å². The molecular weight excluding hydrogens is 262 g/mol. The quantitative estimate of drug-likeness (QED) is 0.733. The van der Waals surface area contributed by atoms with E-state index in [1.54, 1.807) is 0 Å². The number of nitrogens with two attached hydrogens (primary N) is 1. The molecular formula is C17H29N3O. The third-order valence-electron chi connectivity index (χ3n) is 4.42. The number of benzene rings is 1. The average molecular weight is 291 g/mol. The Balaban J connectivity index is 2.58. The molecule has 1 amide bonds. The Hall–Kier alpha value is -1.39. The molecule has 1 rings (SSSR count). The average Bonchev–Trinajstić information content (AvgIpc) is 2.54. The van der Waals surface area contributed by atoms with Crippen LogP contribution in [0.1, 0.15) is 39.2 Å². The maximum atomic E-state index is 12.2. The fourth-order valence-corrected chi connectivity index (χ4v) is 2.76. The Bertz CT molecular complexity index is 407. The van der Waals surface area contributed by atoms with Gasteiger partial charge in [0, 0.05) is 18.6 Å². The van der Waals surface area contributed by atoms with Crippen LogP contribution in [0.5, 0.6) is 0 Å². The molecule has 21 heavy (non-hydrogen) atoms. The van der Waals surface area contributed by atoms with Crippen LogP contribution in [-0.4, -0.2) is 36.0 Å². The summed E-state index contributed by atoms with van der Waals surface area (Å²) >= 11 is 0. The van der Waals surface area contributed by atoms with Crippen molar-refractivity contribution >= 4 is 5.91 Å². The summed E-state index contributed by atoms with van der Waals surface area (Å²) in [6.07, 6.45) is 1.92. The van der Waals surface area contributed by atoms with Gasteiger partial charge in [-0.2, -0.15) is 0 Å². The summed E-state index contributed by atoms with van der Waals surface area (Å²) in [5.41, 5.74) is 7.02. The second-order valence-corrected chi connectivity index (χ2v) is 5.41. The fourth-order valence-electron chi connectivity index (χ4n) is 2.76. The van der Waals surface area contributed by atoms with Gasteiger partial charge in [0.25, 0.3) is 0 Å². The van der Waals surface area contributed by atoms with E-state index in [0.29, 0.717) is 19.6 Å². The number of hydrogen-bond acceptors (Lipinski definition) is 3. The van der Waals surface area contributed by atoms with Crippen molar-refractivity contribution in [3.05, 3.63) is 35.9 Å². The number of hydrogen-bond donors (Lipinski definition) is 2. The zero-order valence-corrected chi connectivity index (χ0v) is 13.6. The minimum absolute atomic E-state index is 0.0560. The highest BCUT2D eigenvalue weighted by Crippen LogP contribution is 2.22. The van der Waals surface area contributed by atoms with Gasteiger partial charge in [-0.05, 0) is 24.9 Å². The predicted octanol–water partition coefficient (Wildman–Crippen LogP) is 2.14. The molecule has 4 nitrogen and oxygen atoms in total. The first-order valence-corrected chi connectivity index (χ1v) is 7.87. The van der Waals surface area contributed by atoms with Gasteiger partial charge in [-0.3, -0.25) is 9.69 Å². The van der Waals surface area contributed by atoms with Crippen LogP contribution in [0.25, 0.3) is 0 Å². The van der Waals surface area contributed by atoms with Crippen molar-refractivity contribution < 1.29 is 4.79 Å². The summed E-state index contributed by atoms with van der Waals surface area (Å²) in [6, 6.07) is 9.96. The highest BCUT2D eigenvalue weighted by atomic mass is 16.2. The second-order valence-electron chi connectivity index (χ2n) is 5.41. The molecule has 0 saturated heterocycles. The summed E-state index contributed by atoms with van der Waals surface area (Å²) in [7, 11) is 0. The van der Waals surface area contributed by atoms with Gasteiger partial charge in [0.05, 0.1) is 6.54 Å². The number of carbonyl (C=O) groups is 1. The van der Waals surface area contributed by atoms with Gasteiger partial charge in [-0.15, -0.1) is 0 Å². The standard InChI is InChI=1S/C17H29N3O/c1-4-17(5-2,14-18)20(6-3)13-16(21)19-12-15-10-8-7-9-11-15/h7-11H,4-6,12-14,18H2,1-3H3,(H,19,21). The van der Waals surface area contributed by atoms with Crippen molar-refractivity contribution in [2.45, 2.75) is 45.7 Å². The molecule has 4 heteroatoms. The molecule has 0 heterocycles. The van der Waals surface area contributed by atoms with E-state index in [1.807, 2.05) is 30.3 Å². The second kappa shape index (κ2) is 8.80. The smallest absolute Gasteiger partial charge is 0.234 e. The third kappa shape index (κ3) is 4.83. The summed E-state index contributed by atoms with van der Waals surface area (Å²) in [6.45, 7) is 8.76. The van der Waals surface area contributed by atoms with Gasteiger partial charge < -0.3 is 11.1 Å². The molecule has 0 aliphatic carbocycles. The van der Waals surface area contributed by atoms with E-state index >= 15 is 0 Å². The molecule has 0 bridgehead atoms. The molecule has 0 atom stereocenters. The molecule has 0 aliphatic heterocycles. The molecule has 118 valence electrons. The lowest BCUT2D eigenvalue weighted by atomic mass is 9.90. The maximum Gasteiger partial charge on any atom is 0.234 e. The Morgan fingerprint density at radius 2 is 1.81 bits per heavy atom. The van der Waals surface area contributed by atoms with Gasteiger partial charge in [-0.1, -0.05) is 51.1 Å². The maximum absolute atomic E-state index is 12.2. The van der Waals surface area contributed by atoms with Crippen LogP contribution >= 0.6 is 0 Å². The van der Waals surface area contributed by atoms with Crippen LogP contribution in [0.15, 0.2) is 30.3 Å². The summed E-state index contributed by atoms with van der Waals surface area (Å²) in [5.74, 6) is 0.0560. The Labute approximate surface area is 128 Å². The molecule has 1 aromatic rings. The molecule has 0 aliphatic rings. The van der Waals surface area contributed by atoms with Crippen molar-refractivity contribution in [2.24, 2.45) is 5.73 Å². The van der Waals surface area contributed by atoms with Gasteiger partial charge in [-0.25, -0.2) is 0 Å². The number of carbonyl (C=O) groups excluding carboxylic acids is 1. The van der Waals surface area contributed by atoms with Crippen molar-refractivity contribution in [2.75, 3.05) is 19.6 Å². The molecule has 0 unspecified atom stereocenters. The molecule has 1 aromatic carbocycles. The fraction of sp³-hybridized carbons (Fsp3) is 0.588. The van der Waals surface area contributed by atoms with E-state index in [2.05, 4.69) is 31.0 Å². The van der Waals surface area contributed by atoms with E-state index < -0.39 is 0 Å². The molecule has 0 spiro atoms. The first kappa shape index (κ1) is 17.7. The van der Waals surface area contributed by atoms with Gasteiger partial charge in [0.15, 0.2) is 0 Å². The zero-order chi connectivity index (χ0) is 15.7. The zero-order valence-electron chi connectivity index (χ0n) is 13.6. The normalized spacial score (nSPS) is 11.7. The van der Waals surface area contributed by atoms with Crippen LogP contribution in [0.3, 0.4) is 0 Å². The van der Waals surface area contributed by atoms with Crippen LogP contribution in [-0.2, 0) is 11.3 Å². The molecule has 0 aromatic heterocycles. The number of likely N-dealkylation sites (N-methyl/N-ethyl adjacent to an activating group) is 1. The predicted molar refractivity (Wildman–Crippen MR) is 87.9 cm³/mol. The van der Waals surface area contributed by atoms with Gasteiger partial charge in [0.2, 0.25) is 5.91 Å². The van der Waals surface area contributed by atoms with E-state index in [4.69, 9.17) is 5.73 Å². The Kier molecular flexibility index (Phi) is 7.40. The lowest BCUT2D eigenvalue weighted by Gasteiger charge is -2.41. The molecule has 0 radical (unpaired) electrons. The Morgan fingerprint density at radius 3 is 2.29 bits per heavy atom. The van der Waals surface area contributed by atoms with Gasteiger partial charge in [0.1, 0.15) is 0 Å². The first-order valence-electron chi connectivity index (χ1n) is 7.87. The highest BCUT2D eigenvalue weighted by molar-refractivity contribution is 5.78. The number of amides is 1. The van der Waals surface area contributed by atoms with E-state index in [-0.39, 0.29) is 11.4 Å². The van der Waals surface area contributed by atoms with E-state index in [9.17, 15) is 4.79 Å². The highest BCUT2D eigenvalue weighted by Gasteiger charge is 2.32. The Morgan fingerprint density at radius 1 is 1.19 bits per heavy atom. The van der Waals surface area contributed by atoms with Crippen molar-refractivity contribution in [1.82, 2.24) is 10.2 Å². The van der Waals surface area contributed by atoms with Gasteiger partial charge >= 0.3 is 0 Å². The van der Waals surface area contributed by atoms with Crippen LogP contribution in [0.2, 0.25) is 0 Å². The van der Waals surface area contributed by atoms with Crippen molar-refractivity contribution in [3.63, 3.8) is 0 Å². The molecule has 3 N–H and O–H groups in total. The molecule has 0 saturated carbocycles. The number of nitrogens with zero attached hydrogens (tertiary/aromatic N) is 1. The summed E-state index contributed by atoms with van der Waals surface area (Å²) < 4.78 is 0. The molecule has 0 fully saturated rings. The van der Waals surface area contributed by atoms with Crippen LogP contribution < -0.4 is 11.1 Å². The van der Waals surface area contributed by atoms with Crippen LogP contribution in [0, 0.1) is 0 Å². The SMILES string of the molecule is CCN(CC(=O)NCc1ccccc1)C(CC)(CC)CN. The minimum atomic E-state index is -0.0706. The van der Waals surface area contributed by atoms with E-state index in [1.165, 1.54) is 0 Å². The first-order chi connectivity index (χ1) is 10.1. The lowest BCUT2D eigenvalue weighted by Crippen LogP contribution is -2.55.